The van der Waals surface area contributed by atoms with Gasteiger partial charge in [0.2, 0.25) is 0 Å². The van der Waals surface area contributed by atoms with Gasteiger partial charge >= 0.3 is 5.97 Å². The first-order valence-electron chi connectivity index (χ1n) is 6.35. The molecule has 0 amide bonds. The minimum absolute atomic E-state index is 0.0436. The Morgan fingerprint density at radius 2 is 2.33 bits per heavy atom. The van der Waals surface area contributed by atoms with Crippen LogP contribution in [0.25, 0.3) is 0 Å². The zero-order valence-electron chi connectivity index (χ0n) is 11.6. The van der Waals surface area contributed by atoms with Crippen LogP contribution in [0.3, 0.4) is 0 Å². The van der Waals surface area contributed by atoms with E-state index < -0.39 is 5.97 Å². The van der Waals surface area contributed by atoms with Gasteiger partial charge in [-0.15, -0.1) is 10.2 Å². The molecule has 2 heterocycles. The van der Waals surface area contributed by atoms with Crippen LogP contribution < -0.4 is 0 Å². The number of aliphatic carboxylic acids is 1. The predicted molar refractivity (Wildman–Crippen MR) is 77.3 cm³/mol. The summed E-state index contributed by atoms with van der Waals surface area (Å²) >= 11 is 1.16. The quantitative estimate of drug-likeness (QED) is 0.730. The monoisotopic (exact) mass is 308 g/mol. The minimum Gasteiger partial charge on any atom is -0.481 e. The number of pyridine rings is 1. The van der Waals surface area contributed by atoms with E-state index in [-0.39, 0.29) is 5.75 Å². The van der Waals surface area contributed by atoms with Crippen molar-refractivity contribution in [2.24, 2.45) is 0 Å². The third kappa shape index (κ3) is 4.54. The lowest BCUT2D eigenvalue weighted by Crippen LogP contribution is -2.11. The number of methoxy groups -OCH3 is 1. The van der Waals surface area contributed by atoms with E-state index in [1.54, 1.807) is 19.5 Å². The number of ether oxygens (including phenoxy) is 1. The summed E-state index contributed by atoms with van der Waals surface area (Å²) in [7, 11) is 1.62. The topological polar surface area (TPSA) is 90.1 Å². The maximum atomic E-state index is 10.7. The van der Waals surface area contributed by atoms with Crippen molar-refractivity contribution in [3.63, 3.8) is 0 Å². The molecule has 0 spiro atoms. The minimum atomic E-state index is -0.880. The molecule has 0 saturated carbocycles. The highest BCUT2D eigenvalue weighted by molar-refractivity contribution is 7.99. The lowest BCUT2D eigenvalue weighted by atomic mass is 10.2. The molecule has 2 aromatic heterocycles. The predicted octanol–water partition coefficient (Wildman–Crippen LogP) is 1.09. The molecule has 2 rings (SSSR count). The molecule has 0 atom stereocenters. The van der Waals surface area contributed by atoms with Crippen molar-refractivity contribution in [3.8, 4) is 0 Å². The normalized spacial score (nSPS) is 10.7. The van der Waals surface area contributed by atoms with E-state index in [2.05, 4.69) is 15.2 Å². The van der Waals surface area contributed by atoms with Crippen LogP contribution in [0.1, 0.15) is 11.4 Å². The van der Waals surface area contributed by atoms with Gasteiger partial charge < -0.3 is 14.4 Å². The molecule has 0 radical (unpaired) electrons. The SMILES string of the molecule is COCCn1c(Cc2cccnc2)nnc1SCC(=O)O. The van der Waals surface area contributed by atoms with Gasteiger partial charge in [-0.3, -0.25) is 9.78 Å². The second-order valence-electron chi connectivity index (χ2n) is 4.26. The van der Waals surface area contributed by atoms with Crippen molar-refractivity contribution < 1.29 is 14.6 Å². The van der Waals surface area contributed by atoms with Gasteiger partial charge in [0.15, 0.2) is 5.16 Å². The Morgan fingerprint density at radius 1 is 1.48 bits per heavy atom. The van der Waals surface area contributed by atoms with E-state index in [9.17, 15) is 4.79 Å². The molecule has 112 valence electrons. The molecule has 21 heavy (non-hydrogen) atoms. The third-order valence-electron chi connectivity index (χ3n) is 2.72. The van der Waals surface area contributed by atoms with E-state index in [4.69, 9.17) is 9.84 Å². The molecule has 7 nitrogen and oxygen atoms in total. The molecule has 0 aliphatic carbocycles. The molecule has 0 saturated heterocycles. The van der Waals surface area contributed by atoms with Crippen LogP contribution in [-0.4, -0.2) is 50.3 Å². The number of rotatable bonds is 8. The van der Waals surface area contributed by atoms with E-state index in [1.807, 2.05) is 16.7 Å². The van der Waals surface area contributed by atoms with Crippen LogP contribution >= 0.6 is 11.8 Å². The average molecular weight is 308 g/mol. The Hall–Kier alpha value is -1.93. The summed E-state index contributed by atoms with van der Waals surface area (Å²) in [6.07, 6.45) is 4.09. The Labute approximate surface area is 126 Å². The molecule has 0 bridgehead atoms. The van der Waals surface area contributed by atoms with Crippen molar-refractivity contribution in [1.29, 1.82) is 0 Å². The van der Waals surface area contributed by atoms with Gasteiger partial charge in [0, 0.05) is 32.5 Å². The summed E-state index contributed by atoms with van der Waals surface area (Å²) in [5, 5.41) is 17.6. The number of aromatic nitrogens is 4. The summed E-state index contributed by atoms with van der Waals surface area (Å²) in [6, 6.07) is 3.83. The first-order chi connectivity index (χ1) is 10.2. The fraction of sp³-hybridized carbons (Fsp3) is 0.385. The molecular formula is C13H16N4O3S. The Balaban J connectivity index is 2.17. The standard InChI is InChI=1S/C13H16N4O3S/c1-20-6-5-17-11(7-10-3-2-4-14-8-10)15-16-13(17)21-9-12(18)19/h2-4,8H,5-7,9H2,1H3,(H,18,19). The summed E-state index contributed by atoms with van der Waals surface area (Å²) in [5.41, 5.74) is 1.03. The Morgan fingerprint density at radius 3 is 3.00 bits per heavy atom. The molecule has 0 unspecified atom stereocenters. The number of carboxylic acid groups (broad SMARTS) is 1. The van der Waals surface area contributed by atoms with Gasteiger partial charge in [-0.1, -0.05) is 17.8 Å². The highest BCUT2D eigenvalue weighted by Crippen LogP contribution is 2.18. The number of carbonyl (C=O) groups is 1. The highest BCUT2D eigenvalue weighted by atomic mass is 32.2. The second-order valence-corrected chi connectivity index (χ2v) is 5.21. The van der Waals surface area contributed by atoms with Crippen molar-refractivity contribution in [3.05, 3.63) is 35.9 Å². The molecule has 8 heteroatoms. The second kappa shape index (κ2) is 7.75. The van der Waals surface area contributed by atoms with E-state index >= 15 is 0 Å². The van der Waals surface area contributed by atoms with Crippen LogP contribution in [0.2, 0.25) is 0 Å². The number of thioether (sulfide) groups is 1. The lowest BCUT2D eigenvalue weighted by molar-refractivity contribution is -0.133. The summed E-state index contributed by atoms with van der Waals surface area (Å²) in [5.74, 6) is -0.152. The number of hydrogen-bond acceptors (Lipinski definition) is 6. The van der Waals surface area contributed by atoms with E-state index in [1.165, 1.54) is 0 Å². The third-order valence-corrected chi connectivity index (χ3v) is 3.67. The largest absolute Gasteiger partial charge is 0.481 e. The zero-order chi connectivity index (χ0) is 15.1. The zero-order valence-corrected chi connectivity index (χ0v) is 12.4. The van der Waals surface area contributed by atoms with Crippen LogP contribution in [-0.2, 0) is 22.5 Å². The molecule has 1 N–H and O–H groups in total. The van der Waals surface area contributed by atoms with Crippen LogP contribution in [0.4, 0.5) is 0 Å². The molecule has 0 fully saturated rings. The number of hydrogen-bond donors (Lipinski definition) is 1. The molecule has 0 aliphatic rings. The van der Waals surface area contributed by atoms with Gasteiger partial charge in [0.05, 0.1) is 12.4 Å². The number of carboxylic acids is 1. The van der Waals surface area contributed by atoms with Crippen LogP contribution in [0, 0.1) is 0 Å². The smallest absolute Gasteiger partial charge is 0.313 e. The van der Waals surface area contributed by atoms with Crippen molar-refractivity contribution in [1.82, 2.24) is 19.7 Å². The first kappa shape index (κ1) is 15.5. The summed E-state index contributed by atoms with van der Waals surface area (Å²) in [4.78, 5) is 14.8. The van der Waals surface area contributed by atoms with Gasteiger partial charge in [-0.25, -0.2) is 0 Å². The maximum Gasteiger partial charge on any atom is 0.313 e. The Bertz CT molecular complexity index is 588. The van der Waals surface area contributed by atoms with Crippen LogP contribution in [0.15, 0.2) is 29.7 Å². The van der Waals surface area contributed by atoms with Crippen molar-refractivity contribution in [2.75, 3.05) is 19.5 Å². The molecule has 0 aliphatic heterocycles. The molecule has 0 aromatic carbocycles. The maximum absolute atomic E-state index is 10.7. The van der Waals surface area contributed by atoms with Crippen molar-refractivity contribution >= 4 is 17.7 Å². The van der Waals surface area contributed by atoms with E-state index in [0.717, 1.165) is 23.1 Å². The summed E-state index contributed by atoms with van der Waals surface area (Å²) in [6.45, 7) is 1.10. The van der Waals surface area contributed by atoms with Crippen LogP contribution in [0.5, 0.6) is 0 Å². The van der Waals surface area contributed by atoms with Gasteiger partial charge in [-0.2, -0.15) is 0 Å². The Kier molecular flexibility index (Phi) is 5.70. The summed E-state index contributed by atoms with van der Waals surface area (Å²) < 4.78 is 6.98. The van der Waals surface area contributed by atoms with E-state index in [0.29, 0.717) is 24.7 Å². The van der Waals surface area contributed by atoms with Gasteiger partial charge in [0.25, 0.3) is 0 Å². The average Bonchev–Trinajstić information content (AvgIpc) is 2.86. The number of nitrogens with zero attached hydrogens (tertiary/aromatic N) is 4. The van der Waals surface area contributed by atoms with Crippen molar-refractivity contribution in [2.45, 2.75) is 18.1 Å². The lowest BCUT2D eigenvalue weighted by Gasteiger charge is -2.09. The van der Waals surface area contributed by atoms with Gasteiger partial charge in [-0.05, 0) is 11.6 Å². The fourth-order valence-electron chi connectivity index (χ4n) is 1.78. The molecular weight excluding hydrogens is 292 g/mol. The molecule has 2 aromatic rings. The highest BCUT2D eigenvalue weighted by Gasteiger charge is 2.14. The fourth-order valence-corrected chi connectivity index (χ4v) is 2.48. The first-order valence-corrected chi connectivity index (χ1v) is 7.33. The van der Waals surface area contributed by atoms with Gasteiger partial charge in [0.1, 0.15) is 5.82 Å².